The molecule has 2 amide bonds. The number of likely N-dealkylation sites (N-methyl/N-ethyl adjacent to an activating group) is 1. The molecule has 1 atom stereocenters. The molecule has 0 radical (unpaired) electrons. The molecule has 3 rings (SSSR count). The van der Waals surface area contributed by atoms with Gasteiger partial charge in [0.1, 0.15) is 6.04 Å². The van der Waals surface area contributed by atoms with Crippen LogP contribution in [0.4, 0.5) is 0 Å². The summed E-state index contributed by atoms with van der Waals surface area (Å²) in [5.41, 5.74) is 2.67. The predicted molar refractivity (Wildman–Crippen MR) is 130 cm³/mol. The number of hydrogen-bond donors (Lipinski definition) is 1. The van der Waals surface area contributed by atoms with Gasteiger partial charge in [0.15, 0.2) is 0 Å². The van der Waals surface area contributed by atoms with Crippen LogP contribution in [0.25, 0.3) is 0 Å². The Morgan fingerprint density at radius 3 is 2.00 bits per heavy atom. The second kappa shape index (κ2) is 11.7. The van der Waals surface area contributed by atoms with E-state index in [2.05, 4.69) is 5.32 Å². The average molecular weight is 469 g/mol. The quantitative estimate of drug-likeness (QED) is 0.462. The van der Waals surface area contributed by atoms with Crippen LogP contribution < -0.4 is 5.32 Å². The minimum Gasteiger partial charge on any atom is -0.357 e. The lowest BCUT2D eigenvalue weighted by molar-refractivity contribution is -0.141. The average Bonchev–Trinajstić information content (AvgIpc) is 2.82. The van der Waals surface area contributed by atoms with Crippen molar-refractivity contribution in [1.29, 1.82) is 0 Å². The summed E-state index contributed by atoms with van der Waals surface area (Å²) < 4.78 is 0. The van der Waals surface area contributed by atoms with Crippen molar-refractivity contribution in [3.63, 3.8) is 0 Å². The number of halogens is 2. The Balaban J connectivity index is 1.89. The maximum atomic E-state index is 13.5. The number of benzene rings is 3. The van der Waals surface area contributed by atoms with Gasteiger partial charge in [-0.25, -0.2) is 0 Å². The highest BCUT2D eigenvalue weighted by molar-refractivity contribution is 6.31. The molecule has 32 heavy (non-hydrogen) atoms. The monoisotopic (exact) mass is 468 g/mol. The summed E-state index contributed by atoms with van der Waals surface area (Å²) in [6.07, 6.45) is 1.13. The standard InChI is InChI=1S/C26H26Cl2N2O2/c1-29-26(32)24(17-19-9-3-2-4-10-19)30(18-21-12-6-8-14-23(21)28)25(31)16-15-20-11-5-7-13-22(20)27/h2-14,24H,15-18H2,1H3,(H,29,32). The topological polar surface area (TPSA) is 49.4 Å². The van der Waals surface area contributed by atoms with Crippen molar-refractivity contribution in [3.05, 3.63) is 106 Å². The zero-order chi connectivity index (χ0) is 22.9. The molecule has 0 aromatic heterocycles. The van der Waals surface area contributed by atoms with Gasteiger partial charge in [0, 0.05) is 36.5 Å². The minimum absolute atomic E-state index is 0.130. The molecule has 0 saturated carbocycles. The van der Waals surface area contributed by atoms with Crippen LogP contribution in [0, 0.1) is 0 Å². The van der Waals surface area contributed by atoms with Crippen LogP contribution in [-0.2, 0) is 29.0 Å². The fourth-order valence-corrected chi connectivity index (χ4v) is 4.04. The zero-order valence-corrected chi connectivity index (χ0v) is 19.4. The summed E-state index contributed by atoms with van der Waals surface area (Å²) >= 11 is 12.7. The van der Waals surface area contributed by atoms with Crippen molar-refractivity contribution in [2.75, 3.05) is 7.05 Å². The van der Waals surface area contributed by atoms with E-state index in [1.165, 1.54) is 0 Å². The molecule has 0 bridgehead atoms. The van der Waals surface area contributed by atoms with Gasteiger partial charge >= 0.3 is 0 Å². The van der Waals surface area contributed by atoms with Crippen LogP contribution >= 0.6 is 23.2 Å². The van der Waals surface area contributed by atoms with Crippen molar-refractivity contribution < 1.29 is 9.59 Å². The van der Waals surface area contributed by atoms with E-state index in [0.29, 0.717) is 22.9 Å². The summed E-state index contributed by atoms with van der Waals surface area (Å²) in [5, 5.41) is 3.91. The molecule has 3 aromatic rings. The summed E-state index contributed by atoms with van der Waals surface area (Å²) in [5.74, 6) is -0.346. The first-order chi connectivity index (χ1) is 15.5. The lowest BCUT2D eigenvalue weighted by atomic mass is 10.0. The van der Waals surface area contributed by atoms with Crippen molar-refractivity contribution in [2.45, 2.75) is 31.8 Å². The molecule has 0 spiro atoms. The Labute approximate surface area is 199 Å². The molecule has 1 N–H and O–H groups in total. The molecule has 0 heterocycles. The van der Waals surface area contributed by atoms with E-state index in [-0.39, 0.29) is 24.8 Å². The Bertz CT molecular complexity index is 1060. The van der Waals surface area contributed by atoms with Crippen LogP contribution in [0.1, 0.15) is 23.1 Å². The van der Waals surface area contributed by atoms with Gasteiger partial charge in [0.05, 0.1) is 0 Å². The Kier molecular flexibility index (Phi) is 8.72. The SMILES string of the molecule is CNC(=O)C(Cc1ccccc1)N(Cc1ccccc1Cl)C(=O)CCc1ccccc1Cl. The molecule has 0 saturated heterocycles. The fourth-order valence-electron chi connectivity index (χ4n) is 3.62. The summed E-state index contributed by atoms with van der Waals surface area (Å²) in [6.45, 7) is 0.242. The number of carbonyl (C=O) groups is 2. The molecule has 0 fully saturated rings. The first kappa shape index (κ1) is 23.8. The maximum Gasteiger partial charge on any atom is 0.242 e. The molecule has 4 nitrogen and oxygen atoms in total. The first-order valence-corrected chi connectivity index (χ1v) is 11.3. The third-order valence-corrected chi connectivity index (χ3v) is 6.12. The lowest BCUT2D eigenvalue weighted by Crippen LogP contribution is -2.49. The number of nitrogens with zero attached hydrogens (tertiary/aromatic N) is 1. The van der Waals surface area contributed by atoms with Crippen LogP contribution in [-0.4, -0.2) is 29.8 Å². The number of carbonyl (C=O) groups excluding carboxylic acids is 2. The Morgan fingerprint density at radius 2 is 1.41 bits per heavy atom. The van der Waals surface area contributed by atoms with E-state index in [4.69, 9.17) is 23.2 Å². The lowest BCUT2D eigenvalue weighted by Gasteiger charge is -2.31. The second-order valence-corrected chi connectivity index (χ2v) is 8.34. The fraction of sp³-hybridized carbons (Fsp3) is 0.231. The van der Waals surface area contributed by atoms with Gasteiger partial charge in [-0.3, -0.25) is 9.59 Å². The van der Waals surface area contributed by atoms with Crippen molar-refractivity contribution in [3.8, 4) is 0 Å². The highest BCUT2D eigenvalue weighted by Gasteiger charge is 2.30. The highest BCUT2D eigenvalue weighted by atomic mass is 35.5. The van der Waals surface area contributed by atoms with Crippen molar-refractivity contribution in [2.24, 2.45) is 0 Å². The first-order valence-electron chi connectivity index (χ1n) is 10.5. The van der Waals surface area contributed by atoms with Gasteiger partial charge in [0.25, 0.3) is 0 Å². The Morgan fingerprint density at radius 1 is 0.844 bits per heavy atom. The van der Waals surface area contributed by atoms with Gasteiger partial charge in [0.2, 0.25) is 11.8 Å². The third-order valence-electron chi connectivity index (χ3n) is 5.38. The Hall–Kier alpha value is -2.82. The van der Waals surface area contributed by atoms with Gasteiger partial charge in [-0.15, -0.1) is 0 Å². The van der Waals surface area contributed by atoms with Crippen LogP contribution in [0.5, 0.6) is 0 Å². The van der Waals surface area contributed by atoms with Crippen LogP contribution in [0.3, 0.4) is 0 Å². The van der Waals surface area contributed by atoms with E-state index in [9.17, 15) is 9.59 Å². The molecule has 166 valence electrons. The van der Waals surface area contributed by atoms with E-state index in [1.807, 2.05) is 72.8 Å². The molecule has 0 aliphatic carbocycles. The number of aryl methyl sites for hydroxylation is 1. The zero-order valence-electron chi connectivity index (χ0n) is 17.9. The van der Waals surface area contributed by atoms with Crippen molar-refractivity contribution >= 4 is 35.0 Å². The summed E-state index contributed by atoms with van der Waals surface area (Å²) in [6, 6.07) is 23.9. The number of hydrogen-bond acceptors (Lipinski definition) is 2. The highest BCUT2D eigenvalue weighted by Crippen LogP contribution is 2.22. The smallest absolute Gasteiger partial charge is 0.242 e. The molecule has 3 aromatic carbocycles. The van der Waals surface area contributed by atoms with Crippen molar-refractivity contribution in [1.82, 2.24) is 10.2 Å². The van der Waals surface area contributed by atoms with Crippen LogP contribution in [0.2, 0.25) is 10.0 Å². The molecular formula is C26H26Cl2N2O2. The maximum absolute atomic E-state index is 13.5. The molecule has 6 heteroatoms. The molecule has 0 aliphatic rings. The predicted octanol–water partition coefficient (Wildman–Crippen LogP) is 5.31. The minimum atomic E-state index is -0.669. The van der Waals surface area contributed by atoms with E-state index in [1.54, 1.807) is 18.0 Å². The molecular weight excluding hydrogens is 443 g/mol. The van der Waals surface area contributed by atoms with Crippen LogP contribution in [0.15, 0.2) is 78.9 Å². The normalized spacial score (nSPS) is 11.6. The number of rotatable bonds is 9. The van der Waals surface area contributed by atoms with E-state index in [0.717, 1.165) is 16.7 Å². The third kappa shape index (κ3) is 6.35. The number of nitrogens with one attached hydrogen (secondary N) is 1. The van der Waals surface area contributed by atoms with Gasteiger partial charge in [-0.05, 0) is 35.2 Å². The summed E-state index contributed by atoms with van der Waals surface area (Å²) in [7, 11) is 1.59. The van der Waals surface area contributed by atoms with E-state index < -0.39 is 6.04 Å². The second-order valence-electron chi connectivity index (χ2n) is 7.52. The largest absolute Gasteiger partial charge is 0.357 e. The molecule has 1 unspecified atom stereocenters. The summed E-state index contributed by atoms with van der Waals surface area (Å²) in [4.78, 5) is 28.0. The molecule has 0 aliphatic heterocycles. The number of amides is 2. The van der Waals surface area contributed by atoms with Gasteiger partial charge < -0.3 is 10.2 Å². The van der Waals surface area contributed by atoms with Gasteiger partial charge in [-0.2, -0.15) is 0 Å². The van der Waals surface area contributed by atoms with Gasteiger partial charge in [-0.1, -0.05) is 89.9 Å². The van der Waals surface area contributed by atoms with E-state index >= 15 is 0 Å².